The second-order valence-electron chi connectivity index (χ2n) is 5.28. The Morgan fingerprint density at radius 1 is 1.56 bits per heavy atom. The number of nitrogens with zero attached hydrogens (tertiary/aromatic N) is 1. The molecule has 0 aromatic heterocycles. The molecule has 4 nitrogen and oxygen atoms in total. The SMILES string of the molecule is CC(C)CC(N)C(=O)N1CCC(C)C1CO. The van der Waals surface area contributed by atoms with Crippen molar-refractivity contribution >= 4 is 5.91 Å². The van der Waals surface area contributed by atoms with E-state index in [1.807, 2.05) is 0 Å². The molecule has 0 spiro atoms. The number of hydrogen-bond donors (Lipinski definition) is 2. The minimum atomic E-state index is -0.417. The molecule has 3 unspecified atom stereocenters. The fourth-order valence-electron chi connectivity index (χ4n) is 2.38. The zero-order valence-electron chi connectivity index (χ0n) is 10.5. The molecule has 3 atom stereocenters. The van der Waals surface area contributed by atoms with E-state index in [0.29, 0.717) is 18.3 Å². The first-order chi connectivity index (χ1) is 7.47. The third-order valence-electron chi connectivity index (χ3n) is 3.40. The molecule has 0 aromatic carbocycles. The van der Waals surface area contributed by atoms with E-state index >= 15 is 0 Å². The quantitative estimate of drug-likeness (QED) is 0.740. The highest BCUT2D eigenvalue weighted by molar-refractivity contribution is 5.82. The summed E-state index contributed by atoms with van der Waals surface area (Å²) in [7, 11) is 0. The average Bonchev–Trinajstić information content (AvgIpc) is 2.57. The average molecular weight is 228 g/mol. The first-order valence-electron chi connectivity index (χ1n) is 6.14. The number of carbonyl (C=O) groups excluding carboxylic acids is 1. The maximum Gasteiger partial charge on any atom is 0.239 e. The number of amides is 1. The molecule has 0 bridgehead atoms. The van der Waals surface area contributed by atoms with Gasteiger partial charge in [0.2, 0.25) is 5.91 Å². The summed E-state index contributed by atoms with van der Waals surface area (Å²) < 4.78 is 0. The Hall–Kier alpha value is -0.610. The molecule has 1 rings (SSSR count). The van der Waals surface area contributed by atoms with Crippen molar-refractivity contribution in [3.63, 3.8) is 0 Å². The Bertz CT molecular complexity index is 243. The smallest absolute Gasteiger partial charge is 0.239 e. The van der Waals surface area contributed by atoms with Crippen LogP contribution in [0.5, 0.6) is 0 Å². The molecular formula is C12H24N2O2. The van der Waals surface area contributed by atoms with Crippen LogP contribution in [0.3, 0.4) is 0 Å². The molecule has 0 aromatic rings. The van der Waals surface area contributed by atoms with Gasteiger partial charge in [-0.1, -0.05) is 20.8 Å². The fourth-order valence-corrected chi connectivity index (χ4v) is 2.38. The van der Waals surface area contributed by atoms with Crippen LogP contribution in [0, 0.1) is 11.8 Å². The molecule has 16 heavy (non-hydrogen) atoms. The Labute approximate surface area is 97.8 Å². The molecule has 3 N–H and O–H groups in total. The lowest BCUT2D eigenvalue weighted by molar-refractivity contribution is -0.134. The first kappa shape index (κ1) is 13.5. The van der Waals surface area contributed by atoms with Gasteiger partial charge in [0.25, 0.3) is 0 Å². The summed E-state index contributed by atoms with van der Waals surface area (Å²) in [5.41, 5.74) is 5.89. The summed E-state index contributed by atoms with van der Waals surface area (Å²) in [6.45, 7) is 6.97. The van der Waals surface area contributed by atoms with Gasteiger partial charge >= 0.3 is 0 Å². The van der Waals surface area contributed by atoms with Crippen LogP contribution in [0.4, 0.5) is 0 Å². The maximum absolute atomic E-state index is 12.1. The highest BCUT2D eigenvalue weighted by atomic mass is 16.3. The third-order valence-corrected chi connectivity index (χ3v) is 3.40. The van der Waals surface area contributed by atoms with Crippen molar-refractivity contribution in [3.05, 3.63) is 0 Å². The molecule has 94 valence electrons. The molecule has 1 heterocycles. The molecule has 1 fully saturated rings. The van der Waals surface area contributed by atoms with Crippen LogP contribution in [-0.4, -0.2) is 41.1 Å². The Balaban J connectivity index is 2.59. The Morgan fingerprint density at radius 3 is 2.69 bits per heavy atom. The molecule has 0 saturated carbocycles. The van der Waals surface area contributed by atoms with Gasteiger partial charge in [0, 0.05) is 6.54 Å². The molecule has 1 saturated heterocycles. The lowest BCUT2D eigenvalue weighted by atomic mass is 10.0. The summed E-state index contributed by atoms with van der Waals surface area (Å²) >= 11 is 0. The number of aliphatic hydroxyl groups is 1. The van der Waals surface area contributed by atoms with Crippen LogP contribution < -0.4 is 5.73 Å². The van der Waals surface area contributed by atoms with E-state index in [4.69, 9.17) is 5.73 Å². The topological polar surface area (TPSA) is 66.6 Å². The zero-order chi connectivity index (χ0) is 12.3. The van der Waals surface area contributed by atoms with Crippen molar-refractivity contribution in [2.75, 3.05) is 13.2 Å². The van der Waals surface area contributed by atoms with Gasteiger partial charge in [-0.3, -0.25) is 4.79 Å². The maximum atomic E-state index is 12.1. The lowest BCUT2D eigenvalue weighted by Gasteiger charge is -2.28. The van der Waals surface area contributed by atoms with Gasteiger partial charge in [-0.25, -0.2) is 0 Å². The van der Waals surface area contributed by atoms with Crippen molar-refractivity contribution in [1.29, 1.82) is 0 Å². The van der Waals surface area contributed by atoms with Gasteiger partial charge in [-0.15, -0.1) is 0 Å². The summed E-state index contributed by atoms with van der Waals surface area (Å²) in [4.78, 5) is 13.8. The zero-order valence-corrected chi connectivity index (χ0v) is 10.5. The Kier molecular flexibility index (Phi) is 4.74. The van der Waals surface area contributed by atoms with Crippen molar-refractivity contribution in [1.82, 2.24) is 4.90 Å². The number of likely N-dealkylation sites (tertiary alicyclic amines) is 1. The number of carbonyl (C=O) groups is 1. The summed E-state index contributed by atoms with van der Waals surface area (Å²) in [5.74, 6) is 0.795. The van der Waals surface area contributed by atoms with E-state index in [1.165, 1.54) is 0 Å². The van der Waals surface area contributed by atoms with Gasteiger partial charge in [0.05, 0.1) is 18.7 Å². The predicted molar refractivity (Wildman–Crippen MR) is 63.8 cm³/mol. The second-order valence-corrected chi connectivity index (χ2v) is 5.28. The molecule has 0 aliphatic carbocycles. The fraction of sp³-hybridized carbons (Fsp3) is 0.917. The third kappa shape index (κ3) is 2.95. The molecule has 1 amide bonds. The number of rotatable bonds is 4. The summed E-state index contributed by atoms with van der Waals surface area (Å²) in [6, 6.07) is -0.454. The van der Waals surface area contributed by atoms with Crippen LogP contribution >= 0.6 is 0 Å². The standard InChI is InChI=1S/C12H24N2O2/c1-8(2)6-10(13)12(16)14-5-4-9(3)11(14)7-15/h8-11,15H,4-7,13H2,1-3H3. The summed E-state index contributed by atoms with van der Waals surface area (Å²) in [6.07, 6.45) is 1.67. The van der Waals surface area contributed by atoms with Crippen LogP contribution in [0.2, 0.25) is 0 Å². The van der Waals surface area contributed by atoms with E-state index in [9.17, 15) is 9.90 Å². The second kappa shape index (κ2) is 5.64. The van der Waals surface area contributed by atoms with Crippen LogP contribution in [0.15, 0.2) is 0 Å². The number of nitrogens with two attached hydrogens (primary N) is 1. The van der Waals surface area contributed by atoms with E-state index in [-0.39, 0.29) is 18.6 Å². The molecule has 1 aliphatic rings. The monoisotopic (exact) mass is 228 g/mol. The highest BCUT2D eigenvalue weighted by Crippen LogP contribution is 2.24. The van der Waals surface area contributed by atoms with Crippen LogP contribution in [-0.2, 0) is 4.79 Å². The van der Waals surface area contributed by atoms with E-state index in [2.05, 4.69) is 20.8 Å². The van der Waals surface area contributed by atoms with Gasteiger partial charge < -0.3 is 15.7 Å². The van der Waals surface area contributed by atoms with Crippen molar-refractivity contribution < 1.29 is 9.90 Å². The number of aliphatic hydroxyl groups excluding tert-OH is 1. The van der Waals surface area contributed by atoms with E-state index < -0.39 is 6.04 Å². The minimum absolute atomic E-state index is 0.00269. The molecular weight excluding hydrogens is 204 g/mol. The normalized spacial score (nSPS) is 27.5. The molecule has 1 aliphatic heterocycles. The first-order valence-corrected chi connectivity index (χ1v) is 6.14. The van der Waals surface area contributed by atoms with Gasteiger partial charge in [-0.05, 0) is 24.7 Å². The molecule has 0 radical (unpaired) electrons. The highest BCUT2D eigenvalue weighted by Gasteiger charge is 2.35. The number of hydrogen-bond acceptors (Lipinski definition) is 3. The largest absolute Gasteiger partial charge is 0.394 e. The van der Waals surface area contributed by atoms with E-state index in [1.54, 1.807) is 4.90 Å². The van der Waals surface area contributed by atoms with Gasteiger partial charge in [-0.2, -0.15) is 0 Å². The van der Waals surface area contributed by atoms with Crippen molar-refractivity contribution in [2.45, 2.75) is 45.7 Å². The van der Waals surface area contributed by atoms with Crippen LogP contribution in [0.1, 0.15) is 33.6 Å². The lowest BCUT2D eigenvalue weighted by Crippen LogP contribution is -2.48. The summed E-state index contributed by atoms with van der Waals surface area (Å²) in [5, 5.41) is 9.28. The van der Waals surface area contributed by atoms with Crippen molar-refractivity contribution in [3.8, 4) is 0 Å². The van der Waals surface area contributed by atoms with Crippen molar-refractivity contribution in [2.24, 2.45) is 17.6 Å². The van der Waals surface area contributed by atoms with E-state index in [0.717, 1.165) is 13.0 Å². The van der Waals surface area contributed by atoms with Gasteiger partial charge in [0.15, 0.2) is 0 Å². The Morgan fingerprint density at radius 2 is 2.19 bits per heavy atom. The van der Waals surface area contributed by atoms with Crippen LogP contribution in [0.25, 0.3) is 0 Å². The minimum Gasteiger partial charge on any atom is -0.394 e. The van der Waals surface area contributed by atoms with Gasteiger partial charge in [0.1, 0.15) is 0 Å². The molecule has 4 heteroatoms. The predicted octanol–water partition coefficient (Wildman–Crippen LogP) is 0.589.